The maximum Gasteiger partial charge on any atom is 0.270 e. The maximum atomic E-state index is 12.4. The molecule has 2 N–H and O–H groups in total. The summed E-state index contributed by atoms with van der Waals surface area (Å²) in [6.07, 6.45) is 1.66. The van der Waals surface area contributed by atoms with E-state index in [1.807, 2.05) is 24.3 Å². The van der Waals surface area contributed by atoms with E-state index in [4.69, 9.17) is 9.47 Å². The molecule has 0 aliphatic carbocycles. The number of ether oxygens (including phenoxy) is 2. The van der Waals surface area contributed by atoms with Crippen LogP contribution in [0.2, 0.25) is 0 Å². The molecule has 2 aromatic carbocycles. The fourth-order valence-electron chi connectivity index (χ4n) is 3.14. The number of rotatable bonds is 5. The largest absolute Gasteiger partial charge is 0.454 e. The smallest absolute Gasteiger partial charge is 0.270 e. The average Bonchev–Trinajstić information content (AvgIpc) is 3.14. The summed E-state index contributed by atoms with van der Waals surface area (Å²) in [5, 5.41) is 6.19. The van der Waals surface area contributed by atoms with E-state index in [0.29, 0.717) is 18.0 Å². The van der Waals surface area contributed by atoms with Gasteiger partial charge in [-0.05, 0) is 66.9 Å². The molecule has 0 saturated carbocycles. The highest BCUT2D eigenvalue weighted by atomic mass is 16.7. The predicted molar refractivity (Wildman–Crippen MR) is 107 cm³/mol. The third-order valence-electron chi connectivity index (χ3n) is 4.40. The molecule has 0 spiro atoms. The van der Waals surface area contributed by atoms with Gasteiger partial charge in [-0.25, -0.2) is 4.98 Å². The van der Waals surface area contributed by atoms with Crippen LogP contribution >= 0.6 is 0 Å². The third kappa shape index (κ3) is 4.06. The van der Waals surface area contributed by atoms with Crippen molar-refractivity contribution in [1.82, 2.24) is 10.3 Å². The van der Waals surface area contributed by atoms with Crippen molar-refractivity contribution in [3.8, 4) is 11.5 Å². The Morgan fingerprint density at radius 3 is 2.50 bits per heavy atom. The lowest BCUT2D eigenvalue weighted by molar-refractivity contribution is 0.0946. The molecule has 28 heavy (non-hydrogen) atoms. The van der Waals surface area contributed by atoms with Gasteiger partial charge >= 0.3 is 0 Å². The van der Waals surface area contributed by atoms with Gasteiger partial charge in [0.2, 0.25) is 6.79 Å². The molecule has 1 aliphatic rings. The topological polar surface area (TPSA) is 72.5 Å². The Kier molecular flexibility index (Phi) is 4.85. The summed E-state index contributed by atoms with van der Waals surface area (Å²) in [6, 6.07) is 15.4. The standard InChI is InChI=1S/C22H21N3O3/c1-14-7-15(2)9-18(8-14)25-17-4-5-19(23-12-17)22(26)24-11-16-3-6-20-21(10-16)28-13-27-20/h3-10,12,25H,11,13H2,1-2H3,(H,24,26). The van der Waals surface area contributed by atoms with Gasteiger partial charge < -0.3 is 20.1 Å². The quantitative estimate of drug-likeness (QED) is 0.702. The van der Waals surface area contributed by atoms with Crippen LogP contribution in [0.25, 0.3) is 0 Å². The Bertz CT molecular complexity index is 996. The van der Waals surface area contributed by atoms with Crippen molar-refractivity contribution in [2.75, 3.05) is 12.1 Å². The van der Waals surface area contributed by atoms with Crippen molar-refractivity contribution < 1.29 is 14.3 Å². The van der Waals surface area contributed by atoms with Gasteiger partial charge in [0.15, 0.2) is 11.5 Å². The number of aryl methyl sites for hydroxylation is 2. The van der Waals surface area contributed by atoms with Crippen LogP contribution in [-0.4, -0.2) is 17.7 Å². The molecular weight excluding hydrogens is 354 g/mol. The second kappa shape index (κ2) is 7.60. The van der Waals surface area contributed by atoms with E-state index in [2.05, 4.69) is 47.7 Å². The molecule has 0 bridgehead atoms. The Labute approximate surface area is 163 Å². The summed E-state index contributed by atoms with van der Waals surface area (Å²) in [5.74, 6) is 1.20. The number of hydrogen-bond donors (Lipinski definition) is 2. The lowest BCUT2D eigenvalue weighted by atomic mass is 10.1. The van der Waals surface area contributed by atoms with Gasteiger partial charge in [-0.2, -0.15) is 0 Å². The van der Waals surface area contributed by atoms with E-state index in [1.54, 1.807) is 12.3 Å². The van der Waals surface area contributed by atoms with Crippen LogP contribution in [0.1, 0.15) is 27.2 Å². The Balaban J connectivity index is 1.37. The zero-order valence-electron chi connectivity index (χ0n) is 15.8. The lowest BCUT2D eigenvalue weighted by Gasteiger charge is -2.09. The van der Waals surface area contributed by atoms with Gasteiger partial charge in [-0.3, -0.25) is 4.79 Å². The summed E-state index contributed by atoms with van der Waals surface area (Å²) in [5.41, 5.74) is 5.51. The number of amides is 1. The molecule has 4 rings (SSSR count). The van der Waals surface area contributed by atoms with Crippen LogP contribution in [0.3, 0.4) is 0 Å². The van der Waals surface area contributed by atoms with E-state index >= 15 is 0 Å². The van der Waals surface area contributed by atoms with Crippen molar-refractivity contribution in [1.29, 1.82) is 0 Å². The lowest BCUT2D eigenvalue weighted by Crippen LogP contribution is -2.23. The second-order valence-corrected chi connectivity index (χ2v) is 6.80. The van der Waals surface area contributed by atoms with Crippen LogP contribution in [0.15, 0.2) is 54.7 Å². The van der Waals surface area contributed by atoms with Crippen LogP contribution < -0.4 is 20.1 Å². The van der Waals surface area contributed by atoms with E-state index < -0.39 is 0 Å². The summed E-state index contributed by atoms with van der Waals surface area (Å²) < 4.78 is 10.6. The molecule has 142 valence electrons. The fourth-order valence-corrected chi connectivity index (χ4v) is 3.14. The minimum atomic E-state index is -0.226. The normalized spacial score (nSPS) is 11.9. The highest BCUT2D eigenvalue weighted by Gasteiger charge is 2.14. The molecule has 2 heterocycles. The average molecular weight is 375 g/mol. The zero-order valence-corrected chi connectivity index (χ0v) is 15.8. The Morgan fingerprint density at radius 1 is 0.964 bits per heavy atom. The molecule has 1 aromatic heterocycles. The number of anilines is 2. The van der Waals surface area contributed by atoms with Crippen molar-refractivity contribution in [3.05, 3.63) is 77.1 Å². The van der Waals surface area contributed by atoms with E-state index in [-0.39, 0.29) is 12.7 Å². The molecule has 1 amide bonds. The number of nitrogens with zero attached hydrogens (tertiary/aromatic N) is 1. The number of nitrogens with one attached hydrogen (secondary N) is 2. The number of hydrogen-bond acceptors (Lipinski definition) is 5. The van der Waals surface area contributed by atoms with Gasteiger partial charge in [-0.15, -0.1) is 0 Å². The summed E-state index contributed by atoms with van der Waals surface area (Å²) >= 11 is 0. The summed E-state index contributed by atoms with van der Waals surface area (Å²) in [7, 11) is 0. The van der Waals surface area contributed by atoms with Gasteiger partial charge in [0.25, 0.3) is 5.91 Å². The Hall–Kier alpha value is -3.54. The Morgan fingerprint density at radius 2 is 1.75 bits per heavy atom. The van der Waals surface area contributed by atoms with E-state index in [9.17, 15) is 4.79 Å². The predicted octanol–water partition coefficient (Wildman–Crippen LogP) is 4.10. The number of aromatic nitrogens is 1. The summed E-state index contributed by atoms with van der Waals surface area (Å²) in [4.78, 5) is 16.6. The fraction of sp³-hybridized carbons (Fsp3) is 0.182. The first-order chi connectivity index (χ1) is 13.6. The van der Waals surface area contributed by atoms with Crippen LogP contribution in [0.4, 0.5) is 11.4 Å². The first kappa shape index (κ1) is 17.9. The monoisotopic (exact) mass is 375 g/mol. The van der Waals surface area contributed by atoms with Gasteiger partial charge in [0, 0.05) is 12.2 Å². The number of carbonyl (C=O) groups is 1. The van der Waals surface area contributed by atoms with Crippen molar-refractivity contribution >= 4 is 17.3 Å². The van der Waals surface area contributed by atoms with Crippen molar-refractivity contribution in [2.24, 2.45) is 0 Å². The highest BCUT2D eigenvalue weighted by molar-refractivity contribution is 5.92. The minimum Gasteiger partial charge on any atom is -0.454 e. The molecule has 6 nitrogen and oxygen atoms in total. The molecule has 0 radical (unpaired) electrons. The zero-order chi connectivity index (χ0) is 19.5. The van der Waals surface area contributed by atoms with Crippen LogP contribution in [0, 0.1) is 13.8 Å². The maximum absolute atomic E-state index is 12.4. The van der Waals surface area contributed by atoms with Crippen molar-refractivity contribution in [2.45, 2.75) is 20.4 Å². The molecule has 0 unspecified atom stereocenters. The highest BCUT2D eigenvalue weighted by Crippen LogP contribution is 2.32. The second-order valence-electron chi connectivity index (χ2n) is 6.80. The van der Waals surface area contributed by atoms with Gasteiger partial charge in [0.1, 0.15) is 5.69 Å². The minimum absolute atomic E-state index is 0.226. The first-order valence-corrected chi connectivity index (χ1v) is 9.05. The number of pyridine rings is 1. The van der Waals surface area contributed by atoms with Crippen LogP contribution in [-0.2, 0) is 6.54 Å². The van der Waals surface area contributed by atoms with E-state index in [1.165, 1.54) is 11.1 Å². The molecule has 1 aliphatic heterocycles. The SMILES string of the molecule is Cc1cc(C)cc(Nc2ccc(C(=O)NCc3ccc4c(c3)OCO4)nc2)c1. The summed E-state index contributed by atoms with van der Waals surface area (Å²) in [6.45, 7) is 4.74. The number of carbonyl (C=O) groups excluding carboxylic acids is 1. The molecule has 3 aromatic rings. The molecule has 6 heteroatoms. The van der Waals surface area contributed by atoms with Gasteiger partial charge in [-0.1, -0.05) is 12.1 Å². The molecule has 0 fully saturated rings. The van der Waals surface area contributed by atoms with E-state index in [0.717, 1.165) is 22.7 Å². The molecular formula is C22H21N3O3. The van der Waals surface area contributed by atoms with Crippen molar-refractivity contribution in [3.63, 3.8) is 0 Å². The number of benzene rings is 2. The third-order valence-corrected chi connectivity index (χ3v) is 4.40. The molecule has 0 atom stereocenters. The first-order valence-electron chi connectivity index (χ1n) is 9.05. The molecule has 0 saturated heterocycles. The van der Waals surface area contributed by atoms with Gasteiger partial charge in [0.05, 0.1) is 11.9 Å². The number of fused-ring (bicyclic) bond motifs is 1. The van der Waals surface area contributed by atoms with Crippen LogP contribution in [0.5, 0.6) is 11.5 Å².